The summed E-state index contributed by atoms with van der Waals surface area (Å²) >= 11 is 4.76. The van der Waals surface area contributed by atoms with Gasteiger partial charge >= 0.3 is 0 Å². The van der Waals surface area contributed by atoms with Crippen molar-refractivity contribution < 1.29 is 4.42 Å². The predicted molar refractivity (Wildman–Crippen MR) is 98.2 cm³/mol. The van der Waals surface area contributed by atoms with Crippen molar-refractivity contribution in [3.63, 3.8) is 0 Å². The Hall–Kier alpha value is -1.99. The molecule has 0 saturated heterocycles. The summed E-state index contributed by atoms with van der Waals surface area (Å²) in [5, 5.41) is 13.9. The molecule has 0 saturated carbocycles. The number of halogens is 1. The van der Waals surface area contributed by atoms with Crippen molar-refractivity contribution >= 4 is 32.2 Å². The molecular weight excluding hydrogens is 388 g/mol. The second kappa shape index (κ2) is 5.53. The third kappa shape index (κ3) is 2.67. The average Bonchev–Trinajstić information content (AvgIpc) is 3.21. The summed E-state index contributed by atoms with van der Waals surface area (Å²) in [5.74, 6) is 1.45. The molecule has 0 spiro atoms. The first-order valence-corrected chi connectivity index (χ1v) is 9.12. The summed E-state index contributed by atoms with van der Waals surface area (Å²) in [5.41, 5.74) is 2.40. The van der Waals surface area contributed by atoms with Gasteiger partial charge in [0, 0.05) is 5.56 Å². The van der Waals surface area contributed by atoms with Crippen molar-refractivity contribution in [1.82, 2.24) is 19.8 Å². The topological polar surface area (TPSA) is 56.2 Å². The third-order valence-corrected chi connectivity index (χ3v) is 5.12. The van der Waals surface area contributed by atoms with Crippen LogP contribution in [0.15, 0.2) is 45.5 Å². The number of hydrogen-bond acceptors (Lipinski definition) is 5. The fourth-order valence-electron chi connectivity index (χ4n) is 2.45. The molecule has 0 unspecified atom stereocenters. The van der Waals surface area contributed by atoms with Crippen molar-refractivity contribution in [3.05, 3.63) is 46.6 Å². The molecule has 122 valence electrons. The third-order valence-electron chi connectivity index (χ3n) is 3.78. The van der Waals surface area contributed by atoms with Crippen LogP contribution in [0.4, 0.5) is 0 Å². The molecule has 4 aromatic rings. The van der Waals surface area contributed by atoms with Gasteiger partial charge in [-0.2, -0.15) is 4.52 Å². The fraction of sp³-hybridized carbons (Fsp3) is 0.235. The Bertz CT molecular complexity index is 1010. The molecule has 1 aromatic carbocycles. The second-order valence-electron chi connectivity index (χ2n) is 6.56. The maximum Gasteiger partial charge on any atom is 0.235 e. The lowest BCUT2D eigenvalue weighted by Gasteiger charge is -2.18. The zero-order valence-electron chi connectivity index (χ0n) is 13.4. The number of rotatable bonds is 2. The van der Waals surface area contributed by atoms with E-state index in [4.69, 9.17) is 4.42 Å². The van der Waals surface area contributed by atoms with E-state index in [9.17, 15) is 0 Å². The van der Waals surface area contributed by atoms with E-state index in [0.29, 0.717) is 10.4 Å². The van der Waals surface area contributed by atoms with Gasteiger partial charge in [-0.15, -0.1) is 15.3 Å². The van der Waals surface area contributed by atoms with Gasteiger partial charge < -0.3 is 4.42 Å². The summed E-state index contributed by atoms with van der Waals surface area (Å²) < 4.78 is 8.02. The van der Waals surface area contributed by atoms with Gasteiger partial charge in [-0.05, 0) is 39.0 Å². The van der Waals surface area contributed by atoms with E-state index >= 15 is 0 Å². The number of benzene rings is 1. The monoisotopic (exact) mass is 402 g/mol. The van der Waals surface area contributed by atoms with Crippen LogP contribution in [0.25, 0.3) is 27.1 Å². The summed E-state index contributed by atoms with van der Waals surface area (Å²) in [6.07, 6.45) is 0. The molecule has 3 heterocycles. The molecule has 0 aliphatic heterocycles. The van der Waals surface area contributed by atoms with Gasteiger partial charge in [0.1, 0.15) is 0 Å². The van der Waals surface area contributed by atoms with Crippen LogP contribution in [-0.2, 0) is 5.41 Å². The van der Waals surface area contributed by atoms with Gasteiger partial charge in [0.05, 0.1) is 0 Å². The zero-order valence-corrected chi connectivity index (χ0v) is 15.8. The first-order valence-electron chi connectivity index (χ1n) is 7.51. The van der Waals surface area contributed by atoms with E-state index in [1.54, 1.807) is 4.52 Å². The predicted octanol–water partition coefficient (Wildman–Crippen LogP) is 5.17. The number of furan rings is 1. The van der Waals surface area contributed by atoms with Gasteiger partial charge in [0.15, 0.2) is 21.3 Å². The minimum atomic E-state index is 0.124. The highest BCUT2D eigenvalue weighted by Gasteiger charge is 2.18. The summed E-state index contributed by atoms with van der Waals surface area (Å²) in [6, 6.07) is 12.1. The fourth-order valence-corrected chi connectivity index (χ4v) is 3.55. The Kier molecular flexibility index (Phi) is 3.58. The molecule has 5 nitrogen and oxygen atoms in total. The first-order chi connectivity index (χ1) is 11.4. The number of nitrogens with zero attached hydrogens (tertiary/aromatic N) is 4. The minimum Gasteiger partial charge on any atom is -0.447 e. The van der Waals surface area contributed by atoms with E-state index in [1.807, 2.05) is 12.1 Å². The molecule has 0 aliphatic rings. The molecule has 0 N–H and O–H groups in total. The molecule has 0 bridgehead atoms. The van der Waals surface area contributed by atoms with Crippen LogP contribution in [0.2, 0.25) is 0 Å². The van der Waals surface area contributed by atoms with Crippen molar-refractivity contribution in [2.24, 2.45) is 0 Å². The summed E-state index contributed by atoms with van der Waals surface area (Å²) in [4.78, 5) is 0.743. The standard InChI is InChI=1S/C17H15BrN4OS/c1-17(2,3)11-6-4-10(5-7-11)14-19-20-16-22(14)21-15(24-16)12-8-9-13(18)23-12/h4-9H,1-3H3. The highest BCUT2D eigenvalue weighted by Crippen LogP contribution is 2.31. The van der Waals surface area contributed by atoms with E-state index in [1.165, 1.54) is 16.9 Å². The van der Waals surface area contributed by atoms with E-state index in [2.05, 4.69) is 76.3 Å². The van der Waals surface area contributed by atoms with Crippen LogP contribution in [0, 0.1) is 0 Å². The molecule has 24 heavy (non-hydrogen) atoms. The smallest absolute Gasteiger partial charge is 0.235 e. The van der Waals surface area contributed by atoms with Crippen LogP contribution < -0.4 is 0 Å². The Balaban J connectivity index is 1.76. The molecule has 0 aliphatic carbocycles. The quantitative estimate of drug-likeness (QED) is 0.463. The van der Waals surface area contributed by atoms with Gasteiger partial charge in [0.25, 0.3) is 0 Å². The Morgan fingerprint density at radius 2 is 1.79 bits per heavy atom. The van der Waals surface area contributed by atoms with Crippen LogP contribution in [0.1, 0.15) is 26.3 Å². The van der Waals surface area contributed by atoms with Gasteiger partial charge in [-0.1, -0.05) is 56.4 Å². The Labute approximate surface area is 151 Å². The normalized spacial score (nSPS) is 12.2. The van der Waals surface area contributed by atoms with Crippen LogP contribution in [0.3, 0.4) is 0 Å². The summed E-state index contributed by atoms with van der Waals surface area (Å²) in [7, 11) is 0. The molecule has 0 fully saturated rings. The van der Waals surface area contributed by atoms with Crippen LogP contribution in [-0.4, -0.2) is 19.8 Å². The molecule has 7 heteroatoms. The van der Waals surface area contributed by atoms with Crippen LogP contribution in [0.5, 0.6) is 0 Å². The van der Waals surface area contributed by atoms with E-state index in [-0.39, 0.29) is 5.41 Å². The van der Waals surface area contributed by atoms with Crippen molar-refractivity contribution in [2.45, 2.75) is 26.2 Å². The number of hydrogen-bond donors (Lipinski definition) is 0. The van der Waals surface area contributed by atoms with Crippen LogP contribution >= 0.6 is 27.3 Å². The lowest BCUT2D eigenvalue weighted by atomic mass is 9.87. The van der Waals surface area contributed by atoms with Crippen molar-refractivity contribution in [1.29, 1.82) is 0 Å². The van der Waals surface area contributed by atoms with Gasteiger partial charge in [0.2, 0.25) is 4.96 Å². The largest absolute Gasteiger partial charge is 0.447 e. The van der Waals surface area contributed by atoms with E-state index in [0.717, 1.165) is 21.4 Å². The van der Waals surface area contributed by atoms with Crippen molar-refractivity contribution in [2.75, 3.05) is 0 Å². The molecule has 0 radical (unpaired) electrons. The van der Waals surface area contributed by atoms with Gasteiger partial charge in [-0.25, -0.2) is 0 Å². The Morgan fingerprint density at radius 1 is 1.04 bits per heavy atom. The Morgan fingerprint density at radius 3 is 2.42 bits per heavy atom. The number of fused-ring (bicyclic) bond motifs is 1. The van der Waals surface area contributed by atoms with E-state index < -0.39 is 0 Å². The average molecular weight is 403 g/mol. The maximum absolute atomic E-state index is 5.57. The highest BCUT2D eigenvalue weighted by molar-refractivity contribution is 9.10. The summed E-state index contributed by atoms with van der Waals surface area (Å²) in [6.45, 7) is 6.60. The zero-order chi connectivity index (χ0) is 16.9. The lowest BCUT2D eigenvalue weighted by Crippen LogP contribution is -2.10. The second-order valence-corrected chi connectivity index (χ2v) is 8.29. The molecule has 3 aromatic heterocycles. The highest BCUT2D eigenvalue weighted by atomic mass is 79.9. The van der Waals surface area contributed by atoms with Crippen molar-refractivity contribution in [3.8, 4) is 22.2 Å². The lowest BCUT2D eigenvalue weighted by molar-refractivity contribution is 0.554. The molecule has 0 amide bonds. The first kappa shape index (κ1) is 15.5. The van der Waals surface area contributed by atoms with Gasteiger partial charge in [-0.3, -0.25) is 0 Å². The molecule has 0 atom stereocenters. The minimum absolute atomic E-state index is 0.124. The SMILES string of the molecule is CC(C)(C)c1ccc(-c2nnc3sc(-c4ccc(Br)o4)nn23)cc1. The number of aromatic nitrogens is 4. The maximum atomic E-state index is 5.57. The molecule has 4 rings (SSSR count). The molecular formula is C17H15BrN4OS.